The van der Waals surface area contributed by atoms with Crippen LogP contribution in [-0.2, 0) is 15.8 Å². The Morgan fingerprint density at radius 2 is 1.77 bits per heavy atom. The van der Waals surface area contributed by atoms with Gasteiger partial charge in [-0.1, -0.05) is 44.2 Å². The fourth-order valence-corrected chi connectivity index (χ4v) is 3.45. The van der Waals surface area contributed by atoms with E-state index in [0.29, 0.717) is 5.69 Å². The topological polar surface area (TPSA) is 55.4 Å². The molecule has 0 aliphatic rings. The van der Waals surface area contributed by atoms with Gasteiger partial charge in [0.2, 0.25) is 10.0 Å². The van der Waals surface area contributed by atoms with Crippen molar-refractivity contribution in [3.63, 3.8) is 0 Å². The number of hydrogen-bond donors (Lipinski definition) is 1. The number of ether oxygens (including phenoxy) is 1. The van der Waals surface area contributed by atoms with E-state index in [2.05, 4.69) is 4.72 Å². The molecule has 0 heterocycles. The molecule has 118 valence electrons. The Labute approximate surface area is 132 Å². The largest absolute Gasteiger partial charge is 0.496 e. The molecule has 0 aliphatic heterocycles. The molecule has 2 aromatic carbocycles. The fraction of sp³-hybridized carbons (Fsp3) is 0.294. The lowest BCUT2D eigenvalue weighted by atomic mass is 10.0. The lowest BCUT2D eigenvalue weighted by molar-refractivity contribution is 0.407. The first kappa shape index (κ1) is 16.4. The zero-order valence-electron chi connectivity index (χ0n) is 13.0. The van der Waals surface area contributed by atoms with E-state index in [4.69, 9.17) is 4.74 Å². The molecule has 0 unspecified atom stereocenters. The summed E-state index contributed by atoms with van der Waals surface area (Å²) in [5.41, 5.74) is 2.29. The van der Waals surface area contributed by atoms with E-state index in [-0.39, 0.29) is 11.7 Å². The lowest BCUT2D eigenvalue weighted by Gasteiger charge is -2.15. The van der Waals surface area contributed by atoms with Gasteiger partial charge in [0.15, 0.2) is 0 Å². The summed E-state index contributed by atoms with van der Waals surface area (Å²) in [5.74, 6) is 0.964. The Bertz CT molecular complexity index is 725. The Balaban J connectivity index is 2.21. The summed E-state index contributed by atoms with van der Waals surface area (Å²) >= 11 is 0. The van der Waals surface area contributed by atoms with Gasteiger partial charge in [-0.3, -0.25) is 4.72 Å². The first-order valence-corrected chi connectivity index (χ1v) is 8.79. The average molecular weight is 319 g/mol. The number of nitrogens with one attached hydrogen (secondary N) is 1. The highest BCUT2D eigenvalue weighted by atomic mass is 32.2. The molecule has 0 aliphatic carbocycles. The van der Waals surface area contributed by atoms with Gasteiger partial charge in [0.25, 0.3) is 0 Å². The molecule has 0 spiro atoms. The van der Waals surface area contributed by atoms with Gasteiger partial charge in [-0.2, -0.15) is 0 Å². The molecule has 2 aromatic rings. The quantitative estimate of drug-likeness (QED) is 0.882. The van der Waals surface area contributed by atoms with Crippen molar-refractivity contribution < 1.29 is 13.2 Å². The van der Waals surface area contributed by atoms with Crippen molar-refractivity contribution in [3.05, 3.63) is 59.7 Å². The molecule has 0 bridgehead atoms. The van der Waals surface area contributed by atoms with E-state index in [1.165, 1.54) is 0 Å². The highest BCUT2D eigenvalue weighted by molar-refractivity contribution is 7.91. The van der Waals surface area contributed by atoms with Gasteiger partial charge in [0, 0.05) is 5.69 Å². The first-order valence-electron chi connectivity index (χ1n) is 7.13. The van der Waals surface area contributed by atoms with Crippen molar-refractivity contribution in [2.24, 2.45) is 0 Å². The number of benzene rings is 2. The van der Waals surface area contributed by atoms with Crippen molar-refractivity contribution in [1.29, 1.82) is 0 Å². The second kappa shape index (κ2) is 6.83. The Hall–Kier alpha value is -2.01. The van der Waals surface area contributed by atoms with Gasteiger partial charge in [-0.15, -0.1) is 0 Å². The van der Waals surface area contributed by atoms with Crippen molar-refractivity contribution in [1.82, 2.24) is 0 Å². The van der Waals surface area contributed by atoms with Crippen molar-refractivity contribution >= 4 is 15.7 Å². The lowest BCUT2D eigenvalue weighted by Crippen LogP contribution is -2.15. The summed E-state index contributed by atoms with van der Waals surface area (Å²) in [6, 6.07) is 14.4. The van der Waals surface area contributed by atoms with Crippen LogP contribution in [0.3, 0.4) is 0 Å². The first-order chi connectivity index (χ1) is 10.4. The summed E-state index contributed by atoms with van der Waals surface area (Å²) in [5, 5.41) is 0. The van der Waals surface area contributed by atoms with E-state index >= 15 is 0 Å². The molecule has 1 N–H and O–H groups in total. The summed E-state index contributed by atoms with van der Waals surface area (Å²) in [6.07, 6.45) is 0. The fourth-order valence-electron chi connectivity index (χ4n) is 2.26. The molecule has 0 fully saturated rings. The second-order valence-electron chi connectivity index (χ2n) is 5.46. The van der Waals surface area contributed by atoms with Gasteiger partial charge in [-0.05, 0) is 35.2 Å². The van der Waals surface area contributed by atoms with Gasteiger partial charge >= 0.3 is 0 Å². The van der Waals surface area contributed by atoms with Gasteiger partial charge in [0.1, 0.15) is 5.75 Å². The number of hydrogen-bond acceptors (Lipinski definition) is 3. The van der Waals surface area contributed by atoms with Crippen LogP contribution in [0.25, 0.3) is 0 Å². The maximum Gasteiger partial charge on any atom is 0.236 e. The van der Waals surface area contributed by atoms with Gasteiger partial charge in [0.05, 0.1) is 12.9 Å². The van der Waals surface area contributed by atoms with E-state index in [9.17, 15) is 8.42 Å². The monoisotopic (exact) mass is 319 g/mol. The van der Waals surface area contributed by atoms with E-state index in [0.717, 1.165) is 16.9 Å². The second-order valence-corrected chi connectivity index (χ2v) is 7.18. The molecule has 4 nitrogen and oxygen atoms in total. The van der Waals surface area contributed by atoms with Crippen molar-refractivity contribution in [2.45, 2.75) is 25.5 Å². The van der Waals surface area contributed by atoms with Crippen LogP contribution >= 0.6 is 0 Å². The maximum absolute atomic E-state index is 12.3. The Morgan fingerprint density at radius 3 is 2.36 bits per heavy atom. The van der Waals surface area contributed by atoms with E-state index < -0.39 is 10.0 Å². The number of methoxy groups -OCH3 is 1. The molecule has 0 atom stereocenters. The van der Waals surface area contributed by atoms with E-state index in [1.807, 2.05) is 38.1 Å². The maximum atomic E-state index is 12.3. The SMILES string of the molecule is COc1ccc(NS(=O)(=O)Cc2ccccc2)cc1C(C)C. The highest BCUT2D eigenvalue weighted by Crippen LogP contribution is 2.29. The van der Waals surface area contributed by atoms with E-state index in [1.54, 1.807) is 31.4 Å². The summed E-state index contributed by atoms with van der Waals surface area (Å²) < 4.78 is 32.5. The number of sulfonamides is 1. The van der Waals surface area contributed by atoms with Crippen LogP contribution in [-0.4, -0.2) is 15.5 Å². The standard InChI is InChI=1S/C17H21NO3S/c1-13(2)16-11-15(9-10-17(16)21-3)18-22(19,20)12-14-7-5-4-6-8-14/h4-11,13,18H,12H2,1-3H3. The van der Waals surface area contributed by atoms with Crippen molar-refractivity contribution in [3.8, 4) is 5.75 Å². The Kier molecular flexibility index (Phi) is 5.08. The van der Waals surface area contributed by atoms with Gasteiger partial charge < -0.3 is 4.74 Å². The molecular weight excluding hydrogens is 298 g/mol. The zero-order valence-corrected chi connectivity index (χ0v) is 13.9. The molecule has 0 saturated carbocycles. The smallest absolute Gasteiger partial charge is 0.236 e. The van der Waals surface area contributed by atoms with Crippen LogP contribution in [0.5, 0.6) is 5.75 Å². The molecule has 0 aromatic heterocycles. The van der Waals surface area contributed by atoms with Crippen LogP contribution in [0, 0.1) is 0 Å². The highest BCUT2D eigenvalue weighted by Gasteiger charge is 2.14. The Morgan fingerprint density at radius 1 is 1.09 bits per heavy atom. The third kappa shape index (κ3) is 4.24. The normalized spacial score (nSPS) is 11.5. The third-order valence-electron chi connectivity index (χ3n) is 3.32. The predicted octanol–water partition coefficient (Wildman–Crippen LogP) is 3.76. The van der Waals surface area contributed by atoms with Crippen LogP contribution < -0.4 is 9.46 Å². The van der Waals surface area contributed by atoms with Crippen LogP contribution in [0.4, 0.5) is 5.69 Å². The average Bonchev–Trinajstić information content (AvgIpc) is 2.47. The third-order valence-corrected chi connectivity index (χ3v) is 4.58. The molecule has 2 rings (SSSR count). The minimum Gasteiger partial charge on any atom is -0.496 e. The molecule has 5 heteroatoms. The molecule has 22 heavy (non-hydrogen) atoms. The minimum absolute atomic E-state index is 0.0448. The van der Waals surface area contributed by atoms with Crippen molar-refractivity contribution in [2.75, 3.05) is 11.8 Å². The minimum atomic E-state index is -3.44. The zero-order chi connectivity index (χ0) is 16.2. The molecular formula is C17H21NO3S. The molecule has 0 radical (unpaired) electrons. The summed E-state index contributed by atoms with van der Waals surface area (Å²) in [4.78, 5) is 0. The van der Waals surface area contributed by atoms with Crippen LogP contribution in [0.15, 0.2) is 48.5 Å². The van der Waals surface area contributed by atoms with Gasteiger partial charge in [-0.25, -0.2) is 8.42 Å². The summed E-state index contributed by atoms with van der Waals surface area (Å²) in [7, 11) is -1.83. The molecule has 0 saturated heterocycles. The predicted molar refractivity (Wildman–Crippen MR) is 89.8 cm³/mol. The number of anilines is 1. The van der Waals surface area contributed by atoms with Crippen LogP contribution in [0.1, 0.15) is 30.9 Å². The van der Waals surface area contributed by atoms with Crippen LogP contribution in [0.2, 0.25) is 0 Å². The summed E-state index contributed by atoms with van der Waals surface area (Å²) in [6.45, 7) is 4.08. The molecule has 0 amide bonds. The number of rotatable bonds is 6.